The number of nitrogens with one attached hydrogen (secondary N) is 1. The Hall–Kier alpha value is -1.92. The van der Waals surface area contributed by atoms with E-state index in [2.05, 4.69) is 10.3 Å². The zero-order chi connectivity index (χ0) is 12.5. The summed E-state index contributed by atoms with van der Waals surface area (Å²) < 4.78 is 26.1. The summed E-state index contributed by atoms with van der Waals surface area (Å²) in [5.41, 5.74) is 9.04. The van der Waals surface area contributed by atoms with Crippen molar-refractivity contribution in [2.45, 2.75) is 19.4 Å². The first-order chi connectivity index (χ1) is 7.24. The van der Waals surface area contributed by atoms with E-state index in [1.54, 1.807) is 0 Å². The first kappa shape index (κ1) is 12.2. The van der Waals surface area contributed by atoms with Crippen LogP contribution in [0.4, 0.5) is 20.4 Å². The van der Waals surface area contributed by atoms with Crippen LogP contribution < -0.4 is 16.8 Å². The number of halogens is 2. The van der Waals surface area contributed by atoms with Crippen molar-refractivity contribution in [1.29, 1.82) is 0 Å². The molecule has 0 aliphatic carbocycles. The summed E-state index contributed by atoms with van der Waals surface area (Å²) in [6.45, 7) is 2.88. The van der Waals surface area contributed by atoms with Crippen molar-refractivity contribution in [1.82, 2.24) is 4.98 Å². The van der Waals surface area contributed by atoms with E-state index < -0.39 is 28.9 Å². The predicted octanol–water partition coefficient (Wildman–Crippen LogP) is 0.618. The van der Waals surface area contributed by atoms with Crippen LogP contribution >= 0.6 is 0 Å². The maximum atomic E-state index is 13.3. The molecule has 0 fully saturated rings. The number of carbonyl (C=O) groups excluding carboxylic acids is 1. The first-order valence-electron chi connectivity index (χ1n) is 4.43. The number of nitrogens with two attached hydrogens (primary N) is 2. The topological polar surface area (TPSA) is 94.0 Å². The van der Waals surface area contributed by atoms with Crippen LogP contribution in [-0.4, -0.2) is 16.4 Å². The number of anilines is 2. The number of nitrogen functional groups attached to an aromatic ring is 1. The fourth-order valence-electron chi connectivity index (χ4n) is 0.926. The Morgan fingerprint density at radius 3 is 2.50 bits per heavy atom. The molecule has 5 nitrogen and oxygen atoms in total. The van der Waals surface area contributed by atoms with Crippen LogP contribution in [0.5, 0.6) is 0 Å². The molecule has 1 amide bonds. The molecule has 0 saturated carbocycles. The van der Waals surface area contributed by atoms with Gasteiger partial charge in [0.05, 0.1) is 0 Å². The van der Waals surface area contributed by atoms with E-state index in [1.165, 1.54) is 13.8 Å². The lowest BCUT2D eigenvalue weighted by Crippen LogP contribution is -2.45. The maximum Gasteiger partial charge on any atom is 0.242 e. The number of carbonyl (C=O) groups is 1. The summed E-state index contributed by atoms with van der Waals surface area (Å²) in [5, 5.41) is 2.45. The first-order valence-corrected chi connectivity index (χ1v) is 4.43. The van der Waals surface area contributed by atoms with Crippen LogP contribution in [-0.2, 0) is 4.79 Å². The summed E-state index contributed by atoms with van der Waals surface area (Å²) in [5.74, 6) is -3.37. The Morgan fingerprint density at radius 1 is 1.44 bits per heavy atom. The van der Waals surface area contributed by atoms with Crippen molar-refractivity contribution in [3.8, 4) is 0 Å². The summed E-state index contributed by atoms with van der Waals surface area (Å²) in [4.78, 5) is 14.4. The van der Waals surface area contributed by atoms with Crippen molar-refractivity contribution in [2.75, 3.05) is 11.1 Å². The molecule has 7 heteroatoms. The molecule has 0 saturated heterocycles. The van der Waals surface area contributed by atoms with Gasteiger partial charge < -0.3 is 16.8 Å². The second-order valence-corrected chi connectivity index (χ2v) is 3.80. The van der Waals surface area contributed by atoms with Crippen molar-refractivity contribution in [3.05, 3.63) is 17.7 Å². The van der Waals surface area contributed by atoms with Crippen LogP contribution in [0.2, 0.25) is 0 Å². The van der Waals surface area contributed by atoms with Crippen molar-refractivity contribution < 1.29 is 13.6 Å². The minimum Gasteiger partial charge on any atom is -0.381 e. The minimum atomic E-state index is -1.21. The van der Waals surface area contributed by atoms with Gasteiger partial charge in [-0.2, -0.15) is 0 Å². The highest BCUT2D eigenvalue weighted by atomic mass is 19.1. The molecular weight excluding hydrogens is 218 g/mol. The second kappa shape index (κ2) is 3.92. The number of hydrogen-bond donors (Lipinski definition) is 3. The van der Waals surface area contributed by atoms with Gasteiger partial charge in [0.1, 0.15) is 5.54 Å². The minimum absolute atomic E-state index is 0.317. The van der Waals surface area contributed by atoms with E-state index in [-0.39, 0.29) is 5.82 Å². The van der Waals surface area contributed by atoms with Crippen LogP contribution in [0.15, 0.2) is 6.07 Å². The van der Waals surface area contributed by atoms with Crippen molar-refractivity contribution >= 4 is 17.5 Å². The molecule has 1 heterocycles. The molecule has 1 aromatic rings. The molecular formula is C9H12F2N4O. The Morgan fingerprint density at radius 2 is 2.00 bits per heavy atom. The van der Waals surface area contributed by atoms with E-state index in [0.717, 1.165) is 0 Å². The zero-order valence-electron chi connectivity index (χ0n) is 8.84. The molecule has 0 aromatic carbocycles. The van der Waals surface area contributed by atoms with Gasteiger partial charge in [-0.05, 0) is 13.8 Å². The van der Waals surface area contributed by atoms with Crippen LogP contribution in [0, 0.1) is 11.6 Å². The smallest absolute Gasteiger partial charge is 0.242 e. The third-order valence-corrected chi connectivity index (χ3v) is 2.00. The highest BCUT2D eigenvalue weighted by Crippen LogP contribution is 2.20. The predicted molar refractivity (Wildman–Crippen MR) is 55.5 cm³/mol. The largest absolute Gasteiger partial charge is 0.381 e. The van der Waals surface area contributed by atoms with Gasteiger partial charge in [-0.3, -0.25) is 4.79 Å². The van der Waals surface area contributed by atoms with Gasteiger partial charge in [0.2, 0.25) is 5.91 Å². The summed E-state index contributed by atoms with van der Waals surface area (Å²) in [7, 11) is 0. The molecule has 0 radical (unpaired) electrons. The lowest BCUT2D eigenvalue weighted by atomic mass is 10.1. The number of nitrogens with zero attached hydrogens (tertiary/aromatic N) is 1. The van der Waals surface area contributed by atoms with Crippen LogP contribution in [0.25, 0.3) is 0 Å². The molecule has 5 N–H and O–H groups in total. The molecule has 0 aliphatic heterocycles. The number of amides is 1. The zero-order valence-corrected chi connectivity index (χ0v) is 8.84. The van der Waals surface area contributed by atoms with Crippen LogP contribution in [0.3, 0.4) is 0 Å². The van der Waals surface area contributed by atoms with E-state index in [0.29, 0.717) is 6.07 Å². The van der Waals surface area contributed by atoms with Gasteiger partial charge in [0, 0.05) is 6.07 Å². The van der Waals surface area contributed by atoms with Gasteiger partial charge in [-0.15, -0.1) is 0 Å². The van der Waals surface area contributed by atoms with Gasteiger partial charge in [-0.1, -0.05) is 0 Å². The number of primary amides is 1. The number of pyridine rings is 1. The standard InChI is InChI=1S/C9H12F2N4O/c1-9(2,8(13)16)15-7-5(11)3-4(10)6(12)14-7/h3H,1-2H3,(H2,13,16)(H3,12,14,15). The highest BCUT2D eigenvalue weighted by Gasteiger charge is 2.26. The average molecular weight is 230 g/mol. The van der Waals surface area contributed by atoms with Crippen LogP contribution in [0.1, 0.15) is 13.8 Å². The monoisotopic (exact) mass is 230 g/mol. The molecule has 1 rings (SSSR count). The van der Waals surface area contributed by atoms with Gasteiger partial charge in [0.15, 0.2) is 23.3 Å². The lowest BCUT2D eigenvalue weighted by Gasteiger charge is -2.23. The normalized spacial score (nSPS) is 11.2. The molecule has 1 aromatic heterocycles. The summed E-state index contributed by atoms with van der Waals surface area (Å²) in [6, 6.07) is 0.585. The fraction of sp³-hybridized carbons (Fsp3) is 0.333. The third-order valence-electron chi connectivity index (χ3n) is 2.00. The van der Waals surface area contributed by atoms with Gasteiger partial charge in [0.25, 0.3) is 0 Å². The summed E-state index contributed by atoms with van der Waals surface area (Å²) >= 11 is 0. The number of aromatic nitrogens is 1. The van der Waals surface area contributed by atoms with E-state index >= 15 is 0 Å². The molecule has 0 aliphatic rings. The highest BCUT2D eigenvalue weighted by molar-refractivity contribution is 5.86. The molecule has 88 valence electrons. The molecule has 0 spiro atoms. The van der Waals surface area contributed by atoms with E-state index in [1.807, 2.05) is 0 Å². The molecule has 0 bridgehead atoms. The molecule has 0 unspecified atom stereocenters. The molecule has 16 heavy (non-hydrogen) atoms. The van der Waals surface area contributed by atoms with Gasteiger partial charge >= 0.3 is 0 Å². The number of rotatable bonds is 3. The van der Waals surface area contributed by atoms with E-state index in [4.69, 9.17) is 11.5 Å². The average Bonchev–Trinajstić information content (AvgIpc) is 2.13. The maximum absolute atomic E-state index is 13.3. The summed E-state index contributed by atoms with van der Waals surface area (Å²) in [6.07, 6.45) is 0. The van der Waals surface area contributed by atoms with Crippen molar-refractivity contribution in [3.63, 3.8) is 0 Å². The Balaban J connectivity index is 3.07. The quantitative estimate of drug-likeness (QED) is 0.709. The Kier molecular flexibility index (Phi) is 2.97. The fourth-order valence-corrected chi connectivity index (χ4v) is 0.926. The second-order valence-electron chi connectivity index (χ2n) is 3.80. The molecule has 0 atom stereocenters. The SMILES string of the molecule is CC(C)(Nc1nc(N)c(F)cc1F)C(N)=O. The Bertz CT molecular complexity index is 434. The van der Waals surface area contributed by atoms with Crippen molar-refractivity contribution in [2.24, 2.45) is 5.73 Å². The third kappa shape index (κ3) is 2.36. The van der Waals surface area contributed by atoms with Gasteiger partial charge in [-0.25, -0.2) is 13.8 Å². The number of hydrogen-bond acceptors (Lipinski definition) is 4. The lowest BCUT2D eigenvalue weighted by molar-refractivity contribution is -0.121. The van der Waals surface area contributed by atoms with E-state index in [9.17, 15) is 13.6 Å². The Labute approximate surface area is 90.8 Å².